The summed E-state index contributed by atoms with van der Waals surface area (Å²) < 4.78 is 2.25. The Morgan fingerprint density at radius 1 is 0.947 bits per heavy atom. The van der Waals surface area contributed by atoms with Crippen LogP contribution >= 0.6 is 0 Å². The summed E-state index contributed by atoms with van der Waals surface area (Å²) >= 11 is 0. The predicted molar refractivity (Wildman–Crippen MR) is 155 cm³/mol. The van der Waals surface area contributed by atoms with Crippen molar-refractivity contribution in [3.05, 3.63) is 82.9 Å². The fourth-order valence-electron chi connectivity index (χ4n) is 5.05. The number of carbonyl (C=O) groups excluding carboxylic acids is 2. The molecule has 4 aromatic rings. The highest BCUT2D eigenvalue weighted by molar-refractivity contribution is 6.16. The summed E-state index contributed by atoms with van der Waals surface area (Å²) in [5.74, 6) is -0.356. The lowest BCUT2D eigenvalue weighted by Gasteiger charge is -2.32. The number of ketones is 1. The highest BCUT2D eigenvalue weighted by Crippen LogP contribution is 2.32. The number of nitrogens with zero attached hydrogens (tertiary/aromatic N) is 3. The zero-order valence-corrected chi connectivity index (χ0v) is 23.5. The number of rotatable bonds is 9. The molecule has 0 bridgehead atoms. The molecular weight excluding hydrogens is 474 g/mol. The van der Waals surface area contributed by atoms with Gasteiger partial charge in [0.05, 0.1) is 5.71 Å². The van der Waals surface area contributed by atoms with Crippen molar-refractivity contribution >= 4 is 39.3 Å². The third-order valence-corrected chi connectivity index (χ3v) is 7.68. The van der Waals surface area contributed by atoms with Gasteiger partial charge in [-0.1, -0.05) is 48.8 Å². The summed E-state index contributed by atoms with van der Waals surface area (Å²) in [5.41, 5.74) is 5.22. The molecule has 0 amide bonds. The molecule has 1 heterocycles. The lowest BCUT2D eigenvalue weighted by molar-refractivity contribution is -0.156. The van der Waals surface area contributed by atoms with Crippen LogP contribution in [0, 0.1) is 6.92 Å². The van der Waals surface area contributed by atoms with Gasteiger partial charge >= 0.3 is 5.97 Å². The van der Waals surface area contributed by atoms with Crippen LogP contribution < -0.4 is 0 Å². The van der Waals surface area contributed by atoms with Crippen molar-refractivity contribution in [1.82, 2.24) is 9.47 Å². The fourth-order valence-corrected chi connectivity index (χ4v) is 5.05. The summed E-state index contributed by atoms with van der Waals surface area (Å²) in [4.78, 5) is 33.6. The van der Waals surface area contributed by atoms with Gasteiger partial charge in [0, 0.05) is 39.5 Å². The van der Waals surface area contributed by atoms with Crippen LogP contribution in [0.3, 0.4) is 0 Å². The fraction of sp³-hybridized carbons (Fsp3) is 0.344. The molecule has 0 radical (unpaired) electrons. The van der Waals surface area contributed by atoms with Crippen molar-refractivity contribution in [1.29, 1.82) is 0 Å². The summed E-state index contributed by atoms with van der Waals surface area (Å²) in [6.45, 7) is 10.6. The summed E-state index contributed by atoms with van der Waals surface area (Å²) in [5, 5.41) is 6.26. The first-order valence-electron chi connectivity index (χ1n) is 13.2. The minimum absolute atomic E-state index is 0.0132. The summed E-state index contributed by atoms with van der Waals surface area (Å²) in [6, 6.07) is 19.7. The van der Waals surface area contributed by atoms with Crippen molar-refractivity contribution in [2.24, 2.45) is 5.16 Å². The van der Waals surface area contributed by atoms with Crippen LogP contribution in [0.4, 0.5) is 0 Å². The van der Waals surface area contributed by atoms with Crippen molar-refractivity contribution in [3.8, 4) is 0 Å². The Morgan fingerprint density at radius 2 is 1.55 bits per heavy atom. The van der Waals surface area contributed by atoms with E-state index in [1.54, 1.807) is 0 Å². The maximum Gasteiger partial charge on any atom is 0.354 e. The quantitative estimate of drug-likeness (QED) is 0.108. The molecule has 6 nitrogen and oxygen atoms in total. The van der Waals surface area contributed by atoms with Crippen LogP contribution in [0.5, 0.6) is 0 Å². The third kappa shape index (κ3) is 4.88. The van der Waals surface area contributed by atoms with Crippen molar-refractivity contribution in [3.63, 3.8) is 0 Å². The minimum atomic E-state index is -0.739. The summed E-state index contributed by atoms with van der Waals surface area (Å²) in [6.07, 6.45) is 1.54. The first-order valence-corrected chi connectivity index (χ1v) is 13.2. The second-order valence-electron chi connectivity index (χ2n) is 10.3. The van der Waals surface area contributed by atoms with Gasteiger partial charge in [0.2, 0.25) is 0 Å². The van der Waals surface area contributed by atoms with Crippen LogP contribution in [0.2, 0.25) is 0 Å². The van der Waals surface area contributed by atoms with Crippen LogP contribution in [-0.2, 0) is 16.2 Å². The molecule has 1 aromatic heterocycles. The number of benzene rings is 3. The second-order valence-corrected chi connectivity index (χ2v) is 10.3. The van der Waals surface area contributed by atoms with Gasteiger partial charge in [0.15, 0.2) is 5.78 Å². The SMILES string of the molecule is CCCC(C)(C(=O)O/N=C(\C)c1ccc2c(c1)c1cc(C(=O)c3ccccc3C)ccc1n2CC)N(C)C. The van der Waals surface area contributed by atoms with Crippen LogP contribution in [-0.4, -0.2) is 46.6 Å². The average Bonchev–Trinajstić information content (AvgIpc) is 3.23. The molecule has 0 aliphatic heterocycles. The molecule has 1 atom stereocenters. The Morgan fingerprint density at radius 3 is 2.13 bits per heavy atom. The van der Waals surface area contributed by atoms with Gasteiger partial charge in [0.25, 0.3) is 0 Å². The first kappa shape index (κ1) is 27.3. The predicted octanol–water partition coefficient (Wildman–Crippen LogP) is 6.74. The normalized spacial score (nSPS) is 13.7. The van der Waals surface area contributed by atoms with E-state index >= 15 is 0 Å². The average molecular weight is 512 g/mol. The highest BCUT2D eigenvalue weighted by atomic mass is 16.7. The van der Waals surface area contributed by atoms with E-state index < -0.39 is 5.54 Å². The smallest absolute Gasteiger partial charge is 0.341 e. The van der Waals surface area contributed by atoms with Gasteiger partial charge in [-0.05, 0) is 89.7 Å². The van der Waals surface area contributed by atoms with Gasteiger partial charge in [-0.2, -0.15) is 0 Å². The number of aromatic nitrogens is 1. The lowest BCUT2D eigenvalue weighted by atomic mass is 9.95. The number of fused-ring (bicyclic) bond motifs is 3. The molecule has 1 unspecified atom stereocenters. The maximum absolute atomic E-state index is 13.3. The molecule has 6 heteroatoms. The monoisotopic (exact) mass is 511 g/mol. The third-order valence-electron chi connectivity index (χ3n) is 7.68. The van der Waals surface area contributed by atoms with E-state index in [4.69, 9.17) is 4.84 Å². The van der Waals surface area contributed by atoms with Crippen LogP contribution in [0.25, 0.3) is 21.8 Å². The molecule has 3 aromatic carbocycles. The molecule has 0 N–H and O–H groups in total. The zero-order chi connectivity index (χ0) is 27.6. The van der Waals surface area contributed by atoms with E-state index in [1.165, 1.54) is 0 Å². The topological polar surface area (TPSA) is 63.9 Å². The minimum Gasteiger partial charge on any atom is -0.341 e. The van der Waals surface area contributed by atoms with E-state index in [9.17, 15) is 9.59 Å². The molecule has 0 saturated heterocycles. The maximum atomic E-state index is 13.3. The Labute approximate surface area is 224 Å². The summed E-state index contributed by atoms with van der Waals surface area (Å²) in [7, 11) is 3.76. The van der Waals surface area contributed by atoms with Gasteiger partial charge in [-0.3, -0.25) is 9.69 Å². The molecule has 0 aliphatic rings. The van der Waals surface area contributed by atoms with E-state index in [0.29, 0.717) is 23.3 Å². The number of hydrogen-bond donors (Lipinski definition) is 0. The Kier molecular flexibility index (Phi) is 7.83. The molecular formula is C32H37N3O3. The Bertz CT molecular complexity index is 1550. The zero-order valence-electron chi connectivity index (χ0n) is 23.5. The molecule has 0 saturated carbocycles. The number of hydrogen-bond acceptors (Lipinski definition) is 5. The molecule has 198 valence electrons. The Balaban J connectivity index is 1.74. The van der Waals surface area contributed by atoms with E-state index in [2.05, 4.69) is 28.8 Å². The van der Waals surface area contributed by atoms with Gasteiger partial charge in [0.1, 0.15) is 5.54 Å². The van der Waals surface area contributed by atoms with E-state index in [-0.39, 0.29) is 11.8 Å². The Hall–Kier alpha value is -3.77. The van der Waals surface area contributed by atoms with Crippen LogP contribution in [0.1, 0.15) is 67.6 Å². The van der Waals surface area contributed by atoms with E-state index in [1.807, 2.05) is 95.2 Å². The van der Waals surface area contributed by atoms with Crippen molar-refractivity contribution in [2.45, 2.75) is 59.5 Å². The van der Waals surface area contributed by atoms with Crippen molar-refractivity contribution < 1.29 is 14.4 Å². The van der Waals surface area contributed by atoms with E-state index in [0.717, 1.165) is 45.9 Å². The highest BCUT2D eigenvalue weighted by Gasteiger charge is 2.37. The number of aryl methyl sites for hydroxylation is 2. The van der Waals surface area contributed by atoms with Crippen molar-refractivity contribution in [2.75, 3.05) is 14.1 Å². The number of oxime groups is 1. The standard InChI is InChI=1S/C32H37N3O3/c1-8-18-32(5,34(6)7)31(37)38-33-22(4)23-14-16-28-26(19-23)27-20-24(15-17-29(27)35(28)9-2)30(36)25-13-11-10-12-21(25)3/h10-17,19-20H,8-9,18H2,1-7H3/b33-22+. The number of likely N-dealkylation sites (N-methyl/N-ethyl adjacent to an activating group) is 1. The lowest BCUT2D eigenvalue weighted by Crippen LogP contribution is -2.49. The van der Waals surface area contributed by atoms with Crippen LogP contribution in [0.15, 0.2) is 65.8 Å². The van der Waals surface area contributed by atoms with Gasteiger partial charge in [-0.25, -0.2) is 4.79 Å². The molecule has 0 aliphatic carbocycles. The molecule has 0 fully saturated rings. The molecule has 38 heavy (non-hydrogen) atoms. The molecule has 0 spiro atoms. The largest absolute Gasteiger partial charge is 0.354 e. The first-order chi connectivity index (χ1) is 18.1. The van der Waals surface area contributed by atoms with Gasteiger partial charge in [-0.15, -0.1) is 0 Å². The van der Waals surface area contributed by atoms with Gasteiger partial charge < -0.3 is 9.40 Å². The second kappa shape index (κ2) is 10.9. The number of carbonyl (C=O) groups is 2. The molecule has 4 rings (SSSR count).